The normalized spacial score (nSPS) is 11.1. The van der Waals surface area contributed by atoms with Crippen LogP contribution in [0.3, 0.4) is 0 Å². The minimum Gasteiger partial charge on any atom is -0.507 e. The predicted molar refractivity (Wildman–Crippen MR) is 88.4 cm³/mol. The van der Waals surface area contributed by atoms with Crippen LogP contribution >= 0.6 is 0 Å². The molecule has 0 bridgehead atoms. The van der Waals surface area contributed by atoms with Crippen molar-refractivity contribution in [3.05, 3.63) is 64.7 Å². The van der Waals surface area contributed by atoms with Crippen molar-refractivity contribution in [1.29, 1.82) is 0 Å². The second kappa shape index (κ2) is 6.89. The van der Waals surface area contributed by atoms with Crippen molar-refractivity contribution in [1.82, 2.24) is 5.43 Å². The van der Waals surface area contributed by atoms with E-state index in [4.69, 9.17) is 0 Å². The third-order valence-corrected chi connectivity index (χ3v) is 3.40. The molecule has 0 spiro atoms. The third kappa shape index (κ3) is 3.95. The van der Waals surface area contributed by atoms with Gasteiger partial charge in [-0.1, -0.05) is 32.0 Å². The Balaban J connectivity index is 2.01. The standard InChI is InChI=1S/C18H20N2O2/c1-12(2)14-6-8-15(9-7-14)18(22)20-19-11-16-5-4-13(3)10-17(16)21/h4-12,21H,1-3H3,(H,20,22)/b19-11+. The summed E-state index contributed by atoms with van der Waals surface area (Å²) in [6.07, 6.45) is 1.43. The van der Waals surface area contributed by atoms with E-state index in [1.807, 2.05) is 25.1 Å². The molecule has 0 fully saturated rings. The number of hydrogen-bond donors (Lipinski definition) is 2. The van der Waals surface area contributed by atoms with Gasteiger partial charge in [-0.3, -0.25) is 4.79 Å². The summed E-state index contributed by atoms with van der Waals surface area (Å²) in [4.78, 5) is 12.0. The zero-order valence-electron chi connectivity index (χ0n) is 13.0. The van der Waals surface area contributed by atoms with E-state index in [0.29, 0.717) is 17.0 Å². The van der Waals surface area contributed by atoms with E-state index in [0.717, 1.165) is 5.56 Å². The van der Waals surface area contributed by atoms with E-state index in [2.05, 4.69) is 24.4 Å². The van der Waals surface area contributed by atoms with E-state index in [-0.39, 0.29) is 11.7 Å². The zero-order chi connectivity index (χ0) is 16.1. The second-order valence-corrected chi connectivity index (χ2v) is 5.54. The molecular weight excluding hydrogens is 276 g/mol. The predicted octanol–water partition coefficient (Wildman–Crippen LogP) is 3.59. The Hall–Kier alpha value is -2.62. The minimum absolute atomic E-state index is 0.138. The summed E-state index contributed by atoms with van der Waals surface area (Å²) >= 11 is 0. The van der Waals surface area contributed by atoms with Gasteiger partial charge in [-0.2, -0.15) is 5.10 Å². The number of hydrogen-bond acceptors (Lipinski definition) is 3. The van der Waals surface area contributed by atoms with Crippen LogP contribution in [-0.4, -0.2) is 17.2 Å². The smallest absolute Gasteiger partial charge is 0.271 e. The molecule has 0 aliphatic rings. The highest BCUT2D eigenvalue weighted by Crippen LogP contribution is 2.16. The average Bonchev–Trinajstić information content (AvgIpc) is 2.49. The van der Waals surface area contributed by atoms with Crippen molar-refractivity contribution in [2.24, 2.45) is 5.10 Å². The van der Waals surface area contributed by atoms with Crippen LogP contribution in [0.1, 0.15) is 46.8 Å². The summed E-state index contributed by atoms with van der Waals surface area (Å²) in [5, 5.41) is 13.6. The number of carbonyl (C=O) groups is 1. The van der Waals surface area contributed by atoms with E-state index >= 15 is 0 Å². The quantitative estimate of drug-likeness (QED) is 0.669. The molecule has 1 amide bonds. The monoisotopic (exact) mass is 296 g/mol. The fourth-order valence-electron chi connectivity index (χ4n) is 2.01. The highest BCUT2D eigenvalue weighted by atomic mass is 16.3. The molecule has 0 aromatic heterocycles. The van der Waals surface area contributed by atoms with Gasteiger partial charge in [0.1, 0.15) is 5.75 Å². The Morgan fingerprint density at radius 1 is 1.18 bits per heavy atom. The van der Waals surface area contributed by atoms with E-state index < -0.39 is 0 Å². The average molecular weight is 296 g/mol. The van der Waals surface area contributed by atoms with Crippen LogP contribution in [-0.2, 0) is 0 Å². The van der Waals surface area contributed by atoms with E-state index in [1.54, 1.807) is 24.3 Å². The largest absolute Gasteiger partial charge is 0.507 e. The van der Waals surface area contributed by atoms with Gasteiger partial charge >= 0.3 is 0 Å². The van der Waals surface area contributed by atoms with Crippen LogP contribution in [0, 0.1) is 6.92 Å². The van der Waals surface area contributed by atoms with Crippen LogP contribution < -0.4 is 5.43 Å². The lowest BCUT2D eigenvalue weighted by atomic mass is 10.0. The lowest BCUT2D eigenvalue weighted by molar-refractivity contribution is 0.0955. The number of hydrazone groups is 1. The molecule has 0 atom stereocenters. The number of carbonyl (C=O) groups excluding carboxylic acids is 1. The minimum atomic E-state index is -0.279. The number of nitrogens with zero attached hydrogens (tertiary/aromatic N) is 1. The number of aryl methyl sites for hydroxylation is 1. The lowest BCUT2D eigenvalue weighted by Gasteiger charge is -2.06. The maximum absolute atomic E-state index is 12.0. The molecule has 4 nitrogen and oxygen atoms in total. The first-order valence-corrected chi connectivity index (χ1v) is 7.20. The van der Waals surface area contributed by atoms with Crippen molar-refractivity contribution >= 4 is 12.1 Å². The molecule has 0 heterocycles. The molecular formula is C18H20N2O2. The van der Waals surface area contributed by atoms with Gasteiger partial charge in [0.25, 0.3) is 5.91 Å². The number of phenols is 1. The number of amides is 1. The highest BCUT2D eigenvalue weighted by molar-refractivity contribution is 5.95. The first kappa shape index (κ1) is 15.8. The van der Waals surface area contributed by atoms with E-state index in [1.165, 1.54) is 11.8 Å². The van der Waals surface area contributed by atoms with Gasteiger partial charge in [-0.05, 0) is 48.2 Å². The summed E-state index contributed by atoms with van der Waals surface area (Å²) in [7, 11) is 0. The summed E-state index contributed by atoms with van der Waals surface area (Å²) in [5.41, 5.74) is 5.71. The summed E-state index contributed by atoms with van der Waals surface area (Å²) in [6, 6.07) is 12.7. The Morgan fingerprint density at radius 3 is 2.45 bits per heavy atom. The van der Waals surface area contributed by atoms with Gasteiger partial charge in [0.15, 0.2) is 0 Å². The van der Waals surface area contributed by atoms with Gasteiger partial charge in [0.05, 0.1) is 6.21 Å². The van der Waals surface area contributed by atoms with E-state index in [9.17, 15) is 9.90 Å². The fraction of sp³-hybridized carbons (Fsp3) is 0.222. The maximum Gasteiger partial charge on any atom is 0.271 e. The molecule has 2 aromatic rings. The first-order chi connectivity index (χ1) is 10.5. The van der Waals surface area contributed by atoms with Gasteiger partial charge in [0.2, 0.25) is 0 Å². The molecule has 0 saturated carbocycles. The molecule has 0 saturated heterocycles. The van der Waals surface area contributed by atoms with Gasteiger partial charge in [-0.25, -0.2) is 5.43 Å². The molecule has 114 valence electrons. The molecule has 0 aliphatic carbocycles. The van der Waals surface area contributed by atoms with Crippen LogP contribution in [0.25, 0.3) is 0 Å². The molecule has 22 heavy (non-hydrogen) atoms. The van der Waals surface area contributed by atoms with Crippen LogP contribution in [0.15, 0.2) is 47.6 Å². The highest BCUT2D eigenvalue weighted by Gasteiger charge is 2.05. The molecule has 2 aromatic carbocycles. The topological polar surface area (TPSA) is 61.7 Å². The molecule has 2 rings (SSSR count). The lowest BCUT2D eigenvalue weighted by Crippen LogP contribution is -2.17. The fourth-order valence-corrected chi connectivity index (χ4v) is 2.01. The molecule has 0 unspecified atom stereocenters. The van der Waals surface area contributed by atoms with Crippen molar-refractivity contribution in [3.8, 4) is 5.75 Å². The first-order valence-electron chi connectivity index (χ1n) is 7.20. The van der Waals surface area contributed by atoms with Crippen LogP contribution in [0.2, 0.25) is 0 Å². The summed E-state index contributed by atoms with van der Waals surface area (Å²) in [5.74, 6) is 0.289. The number of phenolic OH excluding ortho intramolecular Hbond substituents is 1. The van der Waals surface area contributed by atoms with Crippen molar-refractivity contribution in [3.63, 3.8) is 0 Å². The van der Waals surface area contributed by atoms with Gasteiger partial charge < -0.3 is 5.11 Å². The summed E-state index contributed by atoms with van der Waals surface area (Å²) in [6.45, 7) is 6.10. The summed E-state index contributed by atoms with van der Waals surface area (Å²) < 4.78 is 0. The van der Waals surface area contributed by atoms with Gasteiger partial charge in [-0.15, -0.1) is 0 Å². The Kier molecular flexibility index (Phi) is 4.94. The molecule has 0 aliphatic heterocycles. The molecule has 4 heteroatoms. The molecule has 2 N–H and O–H groups in total. The SMILES string of the molecule is Cc1ccc(/C=N/NC(=O)c2ccc(C(C)C)cc2)c(O)c1. The maximum atomic E-state index is 12.0. The van der Waals surface area contributed by atoms with Crippen LogP contribution in [0.5, 0.6) is 5.75 Å². The van der Waals surface area contributed by atoms with Gasteiger partial charge in [0, 0.05) is 11.1 Å². The molecule has 0 radical (unpaired) electrons. The number of benzene rings is 2. The van der Waals surface area contributed by atoms with Crippen molar-refractivity contribution < 1.29 is 9.90 Å². The Bertz CT molecular complexity index is 689. The van der Waals surface area contributed by atoms with Crippen molar-refractivity contribution in [2.45, 2.75) is 26.7 Å². The van der Waals surface area contributed by atoms with Crippen LogP contribution in [0.4, 0.5) is 0 Å². The number of aromatic hydroxyl groups is 1. The zero-order valence-corrected chi connectivity index (χ0v) is 13.0. The second-order valence-electron chi connectivity index (χ2n) is 5.54. The Morgan fingerprint density at radius 2 is 1.86 bits per heavy atom. The van der Waals surface area contributed by atoms with Crippen molar-refractivity contribution in [2.75, 3.05) is 0 Å². The Labute approximate surface area is 130 Å². The number of nitrogens with one attached hydrogen (secondary N) is 1. The number of rotatable bonds is 4. The third-order valence-electron chi connectivity index (χ3n) is 3.40.